The Morgan fingerprint density at radius 3 is 2.75 bits per heavy atom. The van der Waals surface area contributed by atoms with Crippen molar-refractivity contribution >= 4 is 32.2 Å². The van der Waals surface area contributed by atoms with E-state index in [1.165, 1.54) is 22.5 Å². The molecule has 0 bridgehead atoms. The molecular formula is C21H19BrN4OS. The summed E-state index contributed by atoms with van der Waals surface area (Å²) in [6.45, 7) is 3.62. The largest absolute Gasteiger partial charge is 0.492 e. The molecule has 0 unspecified atom stereocenters. The fraction of sp³-hybridized carbons (Fsp3) is 0.238. The molecule has 3 heterocycles. The summed E-state index contributed by atoms with van der Waals surface area (Å²) in [5.41, 5.74) is 3.91. The fourth-order valence-electron chi connectivity index (χ4n) is 3.97. The van der Waals surface area contributed by atoms with Crippen molar-refractivity contribution in [2.24, 2.45) is 0 Å². The Morgan fingerprint density at radius 1 is 1.14 bits per heavy atom. The van der Waals surface area contributed by atoms with Crippen LogP contribution in [0, 0.1) is 6.92 Å². The van der Waals surface area contributed by atoms with E-state index in [0.29, 0.717) is 5.82 Å². The van der Waals surface area contributed by atoms with Crippen LogP contribution in [0.4, 0.5) is 0 Å². The number of hydrogen-bond acceptors (Lipinski definition) is 5. The monoisotopic (exact) mass is 454 g/mol. The van der Waals surface area contributed by atoms with Gasteiger partial charge >= 0.3 is 0 Å². The van der Waals surface area contributed by atoms with Gasteiger partial charge in [0.15, 0.2) is 0 Å². The zero-order valence-corrected chi connectivity index (χ0v) is 17.7. The Hall–Kier alpha value is -2.22. The van der Waals surface area contributed by atoms with Gasteiger partial charge in [0.05, 0.1) is 10.9 Å². The Morgan fingerprint density at radius 2 is 1.96 bits per heavy atom. The number of aromatic nitrogens is 3. The number of halogens is 1. The van der Waals surface area contributed by atoms with Crippen molar-refractivity contribution in [1.82, 2.24) is 19.5 Å². The minimum absolute atomic E-state index is 0.0559. The van der Waals surface area contributed by atoms with E-state index in [1.807, 2.05) is 19.1 Å². The van der Waals surface area contributed by atoms with Gasteiger partial charge in [0.2, 0.25) is 10.8 Å². The minimum Gasteiger partial charge on any atom is -0.492 e. The van der Waals surface area contributed by atoms with Crippen LogP contribution < -0.4 is 0 Å². The van der Waals surface area contributed by atoms with Crippen LogP contribution in [0.5, 0.6) is 5.88 Å². The van der Waals surface area contributed by atoms with Crippen LogP contribution in [0.2, 0.25) is 0 Å². The van der Waals surface area contributed by atoms with Gasteiger partial charge in [0.25, 0.3) is 0 Å². The number of fused-ring (bicyclic) bond motifs is 2. The zero-order valence-electron chi connectivity index (χ0n) is 15.3. The second kappa shape index (κ2) is 6.99. The van der Waals surface area contributed by atoms with Gasteiger partial charge in [-0.2, -0.15) is 4.52 Å². The number of benzene rings is 2. The van der Waals surface area contributed by atoms with Gasteiger partial charge in [-0.05, 0) is 42.2 Å². The highest BCUT2D eigenvalue weighted by Gasteiger charge is 2.31. The van der Waals surface area contributed by atoms with E-state index in [-0.39, 0.29) is 11.9 Å². The summed E-state index contributed by atoms with van der Waals surface area (Å²) in [6.07, 6.45) is 1.00. The number of aromatic hydroxyl groups is 1. The Bertz CT molecular complexity index is 1170. The van der Waals surface area contributed by atoms with Gasteiger partial charge < -0.3 is 5.11 Å². The molecule has 0 amide bonds. The van der Waals surface area contributed by atoms with Crippen molar-refractivity contribution < 1.29 is 5.11 Å². The van der Waals surface area contributed by atoms with Crippen molar-refractivity contribution in [2.75, 3.05) is 6.54 Å². The van der Waals surface area contributed by atoms with E-state index in [1.54, 1.807) is 4.52 Å². The maximum Gasteiger partial charge on any atom is 0.230 e. The topological polar surface area (TPSA) is 53.7 Å². The highest BCUT2D eigenvalue weighted by Crippen LogP contribution is 2.42. The van der Waals surface area contributed by atoms with Gasteiger partial charge in [-0.1, -0.05) is 63.7 Å². The SMILES string of the molecule is Cc1nc2sc([C@@H](c3cccc(Br)c3)N3CCc4ccccc4C3)c(O)n2n1. The van der Waals surface area contributed by atoms with Gasteiger partial charge in [-0.3, -0.25) is 4.90 Å². The lowest BCUT2D eigenvalue weighted by atomic mass is 9.96. The maximum atomic E-state index is 11.0. The quantitative estimate of drug-likeness (QED) is 0.486. The number of thiazole rings is 1. The molecule has 0 spiro atoms. The molecule has 0 fully saturated rings. The summed E-state index contributed by atoms with van der Waals surface area (Å²) >= 11 is 5.11. The summed E-state index contributed by atoms with van der Waals surface area (Å²) in [5, 5.41) is 15.3. The van der Waals surface area contributed by atoms with Crippen LogP contribution in [0.1, 0.15) is 33.4 Å². The molecule has 28 heavy (non-hydrogen) atoms. The van der Waals surface area contributed by atoms with Gasteiger partial charge in [0.1, 0.15) is 5.82 Å². The Balaban J connectivity index is 1.63. The first-order chi connectivity index (χ1) is 13.6. The number of rotatable bonds is 3. The van der Waals surface area contributed by atoms with Gasteiger partial charge in [-0.15, -0.1) is 5.10 Å². The first kappa shape index (κ1) is 17.8. The highest BCUT2D eigenvalue weighted by atomic mass is 79.9. The molecule has 1 aliphatic rings. The lowest BCUT2D eigenvalue weighted by Gasteiger charge is -2.35. The molecule has 0 saturated carbocycles. The summed E-state index contributed by atoms with van der Waals surface area (Å²) < 4.78 is 2.58. The van der Waals surface area contributed by atoms with Crippen molar-refractivity contribution in [1.29, 1.82) is 0 Å². The molecular weight excluding hydrogens is 436 g/mol. The van der Waals surface area contributed by atoms with Crippen LogP contribution in [0.3, 0.4) is 0 Å². The molecule has 4 aromatic rings. The second-order valence-corrected chi connectivity index (χ2v) is 9.01. The van der Waals surface area contributed by atoms with E-state index in [2.05, 4.69) is 67.3 Å². The third-order valence-electron chi connectivity index (χ3n) is 5.24. The third kappa shape index (κ3) is 3.03. The van der Waals surface area contributed by atoms with E-state index in [0.717, 1.165) is 39.4 Å². The van der Waals surface area contributed by atoms with Gasteiger partial charge in [0, 0.05) is 17.6 Å². The lowest BCUT2D eigenvalue weighted by Crippen LogP contribution is -2.34. The van der Waals surface area contributed by atoms with Crippen molar-refractivity contribution in [2.45, 2.75) is 25.9 Å². The highest BCUT2D eigenvalue weighted by molar-refractivity contribution is 9.10. The van der Waals surface area contributed by atoms with Crippen LogP contribution >= 0.6 is 27.3 Å². The lowest BCUT2D eigenvalue weighted by molar-refractivity contribution is 0.205. The van der Waals surface area contributed by atoms with E-state index in [4.69, 9.17) is 0 Å². The van der Waals surface area contributed by atoms with Crippen LogP contribution in [-0.2, 0) is 13.0 Å². The maximum absolute atomic E-state index is 11.0. The van der Waals surface area contributed by atoms with Crippen LogP contribution in [0.25, 0.3) is 4.96 Å². The number of nitrogens with zero attached hydrogens (tertiary/aromatic N) is 4. The van der Waals surface area contributed by atoms with Crippen molar-refractivity contribution in [3.63, 3.8) is 0 Å². The predicted octanol–water partition coefficient (Wildman–Crippen LogP) is 4.72. The number of aryl methyl sites for hydroxylation is 1. The standard InChI is InChI=1S/C21H19BrN4OS/c1-13-23-21-26(24-13)20(27)19(28-21)18(15-7-4-8-17(22)11-15)25-10-9-14-5-2-3-6-16(14)12-25/h2-8,11,18,27H,9-10,12H2,1H3/t18-/m1/s1. The molecule has 0 aliphatic carbocycles. The second-order valence-electron chi connectivity index (χ2n) is 7.09. The molecule has 1 atom stereocenters. The molecule has 0 saturated heterocycles. The molecule has 2 aromatic carbocycles. The summed E-state index contributed by atoms with van der Waals surface area (Å²) in [6, 6.07) is 16.9. The average molecular weight is 455 g/mol. The molecule has 1 N–H and O–H groups in total. The minimum atomic E-state index is -0.0559. The molecule has 5 rings (SSSR count). The predicted molar refractivity (Wildman–Crippen MR) is 114 cm³/mol. The summed E-state index contributed by atoms with van der Waals surface area (Å²) in [4.78, 5) is 8.49. The summed E-state index contributed by atoms with van der Waals surface area (Å²) in [7, 11) is 0. The Kier molecular flexibility index (Phi) is 4.45. The molecule has 5 nitrogen and oxygen atoms in total. The zero-order chi connectivity index (χ0) is 19.3. The Labute approximate surface area is 175 Å². The average Bonchev–Trinajstić information content (AvgIpc) is 3.20. The molecule has 0 radical (unpaired) electrons. The van der Waals surface area contributed by atoms with Crippen LogP contribution in [-0.4, -0.2) is 31.1 Å². The molecule has 2 aromatic heterocycles. The first-order valence-electron chi connectivity index (χ1n) is 9.21. The smallest absolute Gasteiger partial charge is 0.230 e. The van der Waals surface area contributed by atoms with E-state index >= 15 is 0 Å². The normalized spacial score (nSPS) is 15.6. The molecule has 1 aliphatic heterocycles. The van der Waals surface area contributed by atoms with E-state index in [9.17, 15) is 5.11 Å². The third-order valence-corrected chi connectivity index (χ3v) is 6.81. The van der Waals surface area contributed by atoms with Crippen molar-refractivity contribution in [3.8, 4) is 5.88 Å². The van der Waals surface area contributed by atoms with Gasteiger partial charge in [-0.25, -0.2) is 4.98 Å². The van der Waals surface area contributed by atoms with Crippen LogP contribution in [0.15, 0.2) is 53.0 Å². The fourth-order valence-corrected chi connectivity index (χ4v) is 5.55. The number of hydrogen-bond donors (Lipinski definition) is 1. The first-order valence-corrected chi connectivity index (χ1v) is 10.8. The van der Waals surface area contributed by atoms with Crippen molar-refractivity contribution in [3.05, 3.63) is 80.4 Å². The van der Waals surface area contributed by atoms with E-state index < -0.39 is 0 Å². The summed E-state index contributed by atoms with van der Waals surface area (Å²) in [5.74, 6) is 0.850. The molecule has 7 heteroatoms. The molecule has 142 valence electrons.